The van der Waals surface area contributed by atoms with Crippen LogP contribution in [-0.4, -0.2) is 39.7 Å². The van der Waals surface area contributed by atoms with Crippen LogP contribution in [0.3, 0.4) is 0 Å². The van der Waals surface area contributed by atoms with E-state index in [0.29, 0.717) is 18.0 Å². The fourth-order valence-corrected chi connectivity index (χ4v) is 2.66. The van der Waals surface area contributed by atoms with Crippen molar-refractivity contribution in [3.05, 3.63) is 60.2 Å². The standard InChI is InChI=1S/C20H27N3O2/c1-4-25-18-13-9-8-12-17(18)22-20(24)19(21-14-15-23(2)3)16-10-6-5-7-11-16/h5-13,19,21H,4,14-15H2,1-3H3,(H,22,24)/p+2/t19-/m1/s1. The molecule has 2 rings (SSSR count). The molecule has 134 valence electrons. The zero-order chi connectivity index (χ0) is 18.1. The average molecular weight is 343 g/mol. The van der Waals surface area contributed by atoms with E-state index in [1.165, 1.54) is 4.90 Å². The number of hydrogen-bond acceptors (Lipinski definition) is 2. The number of amides is 1. The summed E-state index contributed by atoms with van der Waals surface area (Å²) in [4.78, 5) is 14.3. The van der Waals surface area contributed by atoms with Crippen molar-refractivity contribution in [2.45, 2.75) is 13.0 Å². The highest BCUT2D eigenvalue weighted by Crippen LogP contribution is 2.24. The van der Waals surface area contributed by atoms with Gasteiger partial charge in [0, 0.05) is 5.56 Å². The molecular formula is C20H29N3O2+2. The molecule has 0 aliphatic rings. The number of carbonyl (C=O) groups excluding carboxylic acids is 1. The minimum Gasteiger partial charge on any atom is -0.492 e. The molecule has 0 bridgehead atoms. The summed E-state index contributed by atoms with van der Waals surface area (Å²) in [7, 11) is 4.23. The molecule has 0 aliphatic carbocycles. The van der Waals surface area contributed by atoms with Crippen LogP contribution in [0.1, 0.15) is 18.5 Å². The van der Waals surface area contributed by atoms with Gasteiger partial charge in [-0.3, -0.25) is 4.79 Å². The third kappa shape index (κ3) is 5.89. The van der Waals surface area contributed by atoms with Crippen LogP contribution in [-0.2, 0) is 4.79 Å². The molecule has 0 heterocycles. The molecule has 0 saturated heterocycles. The fourth-order valence-electron chi connectivity index (χ4n) is 2.66. The summed E-state index contributed by atoms with van der Waals surface area (Å²) in [5.41, 5.74) is 1.71. The van der Waals surface area contributed by atoms with Crippen molar-refractivity contribution in [1.82, 2.24) is 0 Å². The largest absolute Gasteiger partial charge is 0.492 e. The van der Waals surface area contributed by atoms with Gasteiger partial charge in [0.2, 0.25) is 0 Å². The maximum absolute atomic E-state index is 12.9. The van der Waals surface area contributed by atoms with Crippen molar-refractivity contribution in [2.75, 3.05) is 39.1 Å². The van der Waals surface area contributed by atoms with E-state index >= 15 is 0 Å². The Balaban J connectivity index is 2.15. The third-order valence-electron chi connectivity index (χ3n) is 3.93. The summed E-state index contributed by atoms with van der Waals surface area (Å²) < 4.78 is 5.61. The summed E-state index contributed by atoms with van der Waals surface area (Å²) >= 11 is 0. The highest BCUT2D eigenvalue weighted by Gasteiger charge is 2.25. The summed E-state index contributed by atoms with van der Waals surface area (Å²) in [6.45, 7) is 4.37. The molecular weight excluding hydrogens is 314 g/mol. The number of quaternary nitrogens is 2. The van der Waals surface area contributed by atoms with E-state index in [1.807, 2.05) is 61.5 Å². The van der Waals surface area contributed by atoms with E-state index in [-0.39, 0.29) is 11.9 Å². The van der Waals surface area contributed by atoms with Gasteiger partial charge in [0.1, 0.15) is 18.8 Å². The van der Waals surface area contributed by atoms with Gasteiger partial charge >= 0.3 is 0 Å². The van der Waals surface area contributed by atoms with Crippen LogP contribution in [0.4, 0.5) is 5.69 Å². The Kier molecular flexibility index (Phi) is 7.44. The van der Waals surface area contributed by atoms with Gasteiger partial charge in [-0.15, -0.1) is 0 Å². The average Bonchev–Trinajstić information content (AvgIpc) is 2.61. The zero-order valence-electron chi connectivity index (χ0n) is 15.3. The smallest absolute Gasteiger partial charge is 0.287 e. The molecule has 1 atom stereocenters. The normalized spacial score (nSPS) is 12.0. The van der Waals surface area contributed by atoms with Gasteiger partial charge in [-0.1, -0.05) is 42.5 Å². The number of anilines is 1. The number of hydrogen-bond donors (Lipinski definition) is 3. The molecule has 0 unspecified atom stereocenters. The van der Waals surface area contributed by atoms with Gasteiger partial charge in [-0.2, -0.15) is 0 Å². The maximum Gasteiger partial charge on any atom is 0.287 e. The van der Waals surface area contributed by atoms with Crippen LogP contribution in [0.5, 0.6) is 5.75 Å². The SMILES string of the molecule is CCOc1ccccc1NC(=O)[C@H]([NH2+]CC[NH+](C)C)c1ccccc1. The monoisotopic (exact) mass is 343 g/mol. The number of nitrogens with two attached hydrogens (primary N) is 1. The molecule has 0 fully saturated rings. The molecule has 5 heteroatoms. The lowest BCUT2D eigenvalue weighted by Crippen LogP contribution is -3.09. The maximum atomic E-state index is 12.9. The number of ether oxygens (including phenoxy) is 1. The fraction of sp³-hybridized carbons (Fsp3) is 0.350. The first kappa shape index (κ1) is 19.0. The lowest BCUT2D eigenvalue weighted by Gasteiger charge is -2.18. The molecule has 0 saturated carbocycles. The molecule has 5 nitrogen and oxygen atoms in total. The number of para-hydroxylation sites is 2. The lowest BCUT2D eigenvalue weighted by molar-refractivity contribution is -0.876. The van der Waals surface area contributed by atoms with Crippen LogP contribution in [0.15, 0.2) is 54.6 Å². The molecule has 0 spiro atoms. The Morgan fingerprint density at radius 3 is 2.48 bits per heavy atom. The first-order valence-electron chi connectivity index (χ1n) is 8.81. The first-order chi connectivity index (χ1) is 12.1. The Labute approximate surface area is 150 Å². The van der Waals surface area contributed by atoms with Gasteiger partial charge < -0.3 is 20.3 Å². The molecule has 4 N–H and O–H groups in total. The number of nitrogens with one attached hydrogen (secondary N) is 2. The number of likely N-dealkylation sites (N-methyl/N-ethyl adjacent to an activating group) is 1. The predicted molar refractivity (Wildman–Crippen MR) is 99.9 cm³/mol. The van der Waals surface area contributed by atoms with Gasteiger partial charge in [0.05, 0.1) is 26.4 Å². The van der Waals surface area contributed by atoms with E-state index in [1.54, 1.807) is 0 Å². The Morgan fingerprint density at radius 1 is 1.12 bits per heavy atom. The second kappa shape index (κ2) is 9.81. The van der Waals surface area contributed by atoms with Crippen LogP contribution >= 0.6 is 0 Å². The van der Waals surface area contributed by atoms with Gasteiger partial charge in [0.15, 0.2) is 6.04 Å². The quantitative estimate of drug-likeness (QED) is 0.620. The molecule has 0 aromatic heterocycles. The van der Waals surface area contributed by atoms with Gasteiger partial charge in [0.25, 0.3) is 5.91 Å². The summed E-state index contributed by atoms with van der Waals surface area (Å²) in [5.74, 6) is 0.662. The van der Waals surface area contributed by atoms with E-state index in [2.05, 4.69) is 24.7 Å². The van der Waals surface area contributed by atoms with E-state index in [4.69, 9.17) is 4.74 Å². The van der Waals surface area contributed by atoms with Crippen LogP contribution in [0.2, 0.25) is 0 Å². The van der Waals surface area contributed by atoms with Gasteiger partial charge in [-0.05, 0) is 19.1 Å². The van der Waals surface area contributed by atoms with Crippen molar-refractivity contribution >= 4 is 11.6 Å². The molecule has 2 aromatic carbocycles. The Morgan fingerprint density at radius 2 is 1.80 bits per heavy atom. The molecule has 2 aromatic rings. The minimum atomic E-state index is -0.282. The molecule has 1 amide bonds. The van der Waals surface area contributed by atoms with Crippen LogP contribution in [0.25, 0.3) is 0 Å². The predicted octanol–water partition coefficient (Wildman–Crippen LogP) is 0.473. The second-order valence-electron chi connectivity index (χ2n) is 6.29. The summed E-state index contributed by atoms with van der Waals surface area (Å²) in [6.07, 6.45) is 0. The highest BCUT2D eigenvalue weighted by molar-refractivity contribution is 5.95. The van der Waals surface area contributed by atoms with E-state index in [0.717, 1.165) is 18.7 Å². The van der Waals surface area contributed by atoms with Crippen LogP contribution < -0.4 is 20.3 Å². The highest BCUT2D eigenvalue weighted by atomic mass is 16.5. The minimum absolute atomic E-state index is 0.0351. The summed E-state index contributed by atoms with van der Waals surface area (Å²) in [5, 5.41) is 5.13. The van der Waals surface area contributed by atoms with Crippen molar-refractivity contribution in [2.24, 2.45) is 0 Å². The number of carbonyl (C=O) groups is 1. The Hall–Kier alpha value is -2.37. The first-order valence-corrected chi connectivity index (χ1v) is 8.81. The van der Waals surface area contributed by atoms with Crippen molar-refractivity contribution in [3.63, 3.8) is 0 Å². The topological polar surface area (TPSA) is 59.4 Å². The van der Waals surface area contributed by atoms with E-state index in [9.17, 15) is 4.79 Å². The van der Waals surface area contributed by atoms with Gasteiger partial charge in [-0.25, -0.2) is 0 Å². The van der Waals surface area contributed by atoms with Crippen molar-refractivity contribution in [3.8, 4) is 5.75 Å². The van der Waals surface area contributed by atoms with Crippen LogP contribution in [0, 0.1) is 0 Å². The van der Waals surface area contributed by atoms with Crippen molar-refractivity contribution in [1.29, 1.82) is 0 Å². The summed E-state index contributed by atoms with van der Waals surface area (Å²) in [6, 6.07) is 17.2. The van der Waals surface area contributed by atoms with E-state index < -0.39 is 0 Å². The molecule has 0 aliphatic heterocycles. The molecule has 25 heavy (non-hydrogen) atoms. The zero-order valence-corrected chi connectivity index (χ0v) is 15.3. The number of rotatable bonds is 9. The van der Waals surface area contributed by atoms with Crippen molar-refractivity contribution < 1.29 is 19.7 Å². The lowest BCUT2D eigenvalue weighted by atomic mass is 10.1. The Bertz CT molecular complexity index is 659. The second-order valence-corrected chi connectivity index (χ2v) is 6.29. The number of benzene rings is 2. The molecule has 0 radical (unpaired) electrons. The third-order valence-corrected chi connectivity index (χ3v) is 3.93.